The fraction of sp³-hybridized carbons (Fsp3) is 0.556. The molecule has 0 aliphatic carbocycles. The molecule has 78 valence electrons. The molecular weight excluding hydrogens is 188 g/mol. The van der Waals surface area contributed by atoms with Crippen LogP contribution in [-0.4, -0.2) is 37.6 Å². The van der Waals surface area contributed by atoms with E-state index >= 15 is 0 Å². The molecule has 2 saturated heterocycles. The second kappa shape index (κ2) is 4.23. The summed E-state index contributed by atoms with van der Waals surface area (Å²) in [5.41, 5.74) is 0. The second-order valence-electron chi connectivity index (χ2n) is 3.02. The molecule has 2 fully saturated rings. The molecule has 0 bridgehead atoms. The number of aliphatic hydroxyl groups excluding tert-OH is 1. The third-order valence-corrected chi connectivity index (χ3v) is 1.71. The van der Waals surface area contributed by atoms with E-state index in [2.05, 4.69) is 0 Å². The summed E-state index contributed by atoms with van der Waals surface area (Å²) in [4.78, 5) is 0. The maximum atomic E-state index is 8.91. The van der Waals surface area contributed by atoms with Crippen molar-refractivity contribution in [2.24, 2.45) is 0 Å². The van der Waals surface area contributed by atoms with Crippen LogP contribution in [-0.2, 0) is 18.9 Å². The molecule has 14 heavy (non-hydrogen) atoms. The Morgan fingerprint density at radius 3 is 2.50 bits per heavy atom. The number of epoxide rings is 2. The van der Waals surface area contributed by atoms with Gasteiger partial charge in [0.15, 0.2) is 17.6 Å². The van der Waals surface area contributed by atoms with E-state index < -0.39 is 0 Å². The highest BCUT2D eigenvalue weighted by molar-refractivity contribution is 5.01. The second-order valence-corrected chi connectivity index (χ2v) is 3.02. The van der Waals surface area contributed by atoms with Crippen LogP contribution in [0.5, 0.6) is 0 Å². The minimum Gasteiger partial charge on any atom is -0.494 e. The van der Waals surface area contributed by atoms with Crippen molar-refractivity contribution in [3.63, 3.8) is 0 Å². The van der Waals surface area contributed by atoms with E-state index in [0.29, 0.717) is 19.8 Å². The van der Waals surface area contributed by atoms with E-state index in [-0.39, 0.29) is 12.7 Å². The average molecular weight is 200 g/mol. The summed E-state index contributed by atoms with van der Waals surface area (Å²) in [5.74, 6) is 1.62. The molecule has 0 spiro atoms. The number of rotatable bonds is 6. The van der Waals surface area contributed by atoms with Gasteiger partial charge in [0.25, 0.3) is 0 Å². The molecule has 1 atom stereocenters. The number of aliphatic hydroxyl groups is 1. The molecule has 2 heterocycles. The first-order chi connectivity index (χ1) is 6.88. The van der Waals surface area contributed by atoms with Crippen molar-refractivity contribution in [2.45, 2.75) is 6.10 Å². The van der Waals surface area contributed by atoms with Crippen molar-refractivity contribution in [3.8, 4) is 0 Å². The molecule has 0 aromatic heterocycles. The molecule has 5 nitrogen and oxygen atoms in total. The Morgan fingerprint density at radius 1 is 1.29 bits per heavy atom. The van der Waals surface area contributed by atoms with Gasteiger partial charge in [-0.25, -0.2) is 0 Å². The van der Waals surface area contributed by atoms with Crippen molar-refractivity contribution < 1.29 is 24.1 Å². The summed E-state index contributed by atoms with van der Waals surface area (Å²) in [6, 6.07) is 0. The molecule has 0 radical (unpaired) electrons. The average Bonchev–Trinajstić information content (AvgIpc) is 3.01. The first kappa shape index (κ1) is 9.21. The first-order valence-electron chi connectivity index (χ1n) is 4.40. The lowest BCUT2D eigenvalue weighted by Gasteiger charge is -2.11. The number of ether oxygens (including phenoxy) is 4. The van der Waals surface area contributed by atoms with Crippen LogP contribution < -0.4 is 0 Å². The molecule has 0 amide bonds. The van der Waals surface area contributed by atoms with Gasteiger partial charge in [-0.05, 0) is 0 Å². The van der Waals surface area contributed by atoms with E-state index in [1.165, 1.54) is 12.5 Å². The molecular formula is C9H12O5. The van der Waals surface area contributed by atoms with Crippen LogP contribution in [0.25, 0.3) is 0 Å². The Kier molecular flexibility index (Phi) is 2.78. The maximum absolute atomic E-state index is 8.91. The van der Waals surface area contributed by atoms with E-state index in [0.717, 1.165) is 11.5 Å². The van der Waals surface area contributed by atoms with Crippen molar-refractivity contribution in [2.75, 3.05) is 26.4 Å². The van der Waals surface area contributed by atoms with Crippen LogP contribution in [0.2, 0.25) is 0 Å². The Bertz CT molecular complexity index is 246. The number of hydrogen-bond acceptors (Lipinski definition) is 5. The molecule has 2 aliphatic rings. The molecule has 2 aliphatic heterocycles. The van der Waals surface area contributed by atoms with Gasteiger partial charge in [0.05, 0.1) is 6.61 Å². The highest BCUT2D eigenvalue weighted by Crippen LogP contribution is 2.15. The van der Waals surface area contributed by atoms with E-state index in [1.807, 2.05) is 0 Å². The zero-order valence-corrected chi connectivity index (χ0v) is 7.64. The van der Waals surface area contributed by atoms with Crippen molar-refractivity contribution >= 4 is 0 Å². The standard InChI is InChI=1S/C9H12O5/c10-1-7(12-5-9-6-14-9)2-11-3-8-4-13-8/h3,5,7,10H,1-2,4,6H2. The van der Waals surface area contributed by atoms with Gasteiger partial charge in [0, 0.05) is 0 Å². The third kappa shape index (κ3) is 3.18. The van der Waals surface area contributed by atoms with Crippen LogP contribution in [0.4, 0.5) is 0 Å². The highest BCUT2D eigenvalue weighted by atomic mass is 16.6. The lowest BCUT2D eigenvalue weighted by Crippen LogP contribution is -2.20. The van der Waals surface area contributed by atoms with Crippen molar-refractivity contribution in [1.29, 1.82) is 0 Å². The van der Waals surface area contributed by atoms with Crippen LogP contribution in [0.1, 0.15) is 0 Å². The Labute approximate surface area is 81.5 Å². The smallest absolute Gasteiger partial charge is 0.168 e. The monoisotopic (exact) mass is 200 g/mol. The van der Waals surface area contributed by atoms with Crippen molar-refractivity contribution in [1.82, 2.24) is 0 Å². The molecule has 0 aromatic carbocycles. The topological polar surface area (TPSA) is 63.8 Å². The van der Waals surface area contributed by atoms with Crippen LogP contribution in [0.3, 0.4) is 0 Å². The SMILES string of the molecule is OCC(COC=C1CO1)OC=C1CO1. The minimum absolute atomic E-state index is 0.0895. The Balaban J connectivity index is 1.63. The summed E-state index contributed by atoms with van der Waals surface area (Å²) in [5, 5.41) is 8.91. The molecule has 2 rings (SSSR count). The Morgan fingerprint density at radius 2 is 1.93 bits per heavy atom. The summed E-state index contributed by atoms with van der Waals surface area (Å²) < 4.78 is 20.0. The van der Waals surface area contributed by atoms with Crippen LogP contribution in [0, 0.1) is 0 Å². The summed E-state index contributed by atoms with van der Waals surface area (Å²) >= 11 is 0. The molecule has 0 saturated carbocycles. The predicted molar refractivity (Wildman–Crippen MR) is 46.0 cm³/mol. The zero-order chi connectivity index (χ0) is 9.80. The van der Waals surface area contributed by atoms with Gasteiger partial charge >= 0.3 is 0 Å². The molecule has 1 unspecified atom stereocenters. The van der Waals surface area contributed by atoms with Gasteiger partial charge in [-0.15, -0.1) is 0 Å². The van der Waals surface area contributed by atoms with Gasteiger partial charge in [-0.1, -0.05) is 0 Å². The van der Waals surface area contributed by atoms with Gasteiger partial charge in [0.1, 0.15) is 32.3 Å². The molecule has 5 heteroatoms. The Hall–Kier alpha value is -1.36. The van der Waals surface area contributed by atoms with Crippen LogP contribution >= 0.6 is 0 Å². The molecule has 0 aromatic rings. The van der Waals surface area contributed by atoms with Gasteiger partial charge in [0.2, 0.25) is 0 Å². The fourth-order valence-corrected chi connectivity index (χ4v) is 0.775. The van der Waals surface area contributed by atoms with E-state index in [1.54, 1.807) is 0 Å². The molecule has 1 N–H and O–H groups in total. The lowest BCUT2D eigenvalue weighted by molar-refractivity contribution is 0.0248. The summed E-state index contributed by atoms with van der Waals surface area (Å²) in [6.45, 7) is 1.47. The zero-order valence-electron chi connectivity index (χ0n) is 7.64. The van der Waals surface area contributed by atoms with Gasteiger partial charge in [-0.3, -0.25) is 0 Å². The highest BCUT2D eigenvalue weighted by Gasteiger charge is 2.16. The maximum Gasteiger partial charge on any atom is 0.168 e. The van der Waals surface area contributed by atoms with E-state index in [9.17, 15) is 0 Å². The van der Waals surface area contributed by atoms with Crippen molar-refractivity contribution in [3.05, 3.63) is 24.0 Å². The lowest BCUT2D eigenvalue weighted by atomic mass is 10.4. The quantitative estimate of drug-likeness (QED) is 0.487. The minimum atomic E-state index is -0.359. The normalized spacial score (nSPS) is 25.2. The first-order valence-corrected chi connectivity index (χ1v) is 4.40. The summed E-state index contributed by atoms with van der Waals surface area (Å²) in [7, 11) is 0. The van der Waals surface area contributed by atoms with E-state index in [4.69, 9.17) is 24.1 Å². The number of hydrogen-bond donors (Lipinski definition) is 1. The summed E-state index contributed by atoms with van der Waals surface area (Å²) in [6.07, 6.45) is 2.68. The fourth-order valence-electron chi connectivity index (χ4n) is 0.775. The van der Waals surface area contributed by atoms with Crippen LogP contribution in [0.15, 0.2) is 24.0 Å². The third-order valence-electron chi connectivity index (χ3n) is 1.71. The van der Waals surface area contributed by atoms with Gasteiger partial charge in [-0.2, -0.15) is 0 Å². The predicted octanol–water partition coefficient (Wildman–Crippen LogP) is 0.124. The largest absolute Gasteiger partial charge is 0.494 e. The van der Waals surface area contributed by atoms with Gasteiger partial charge < -0.3 is 24.1 Å².